The zero-order valence-electron chi connectivity index (χ0n) is 18.1. The van der Waals surface area contributed by atoms with Crippen LogP contribution in [0.4, 0.5) is 0 Å². The molecule has 0 atom stereocenters. The molecule has 0 saturated carbocycles. The monoisotopic (exact) mass is 487 g/mol. The van der Waals surface area contributed by atoms with E-state index in [9.17, 15) is 13.2 Å². The van der Waals surface area contributed by atoms with E-state index in [1.54, 1.807) is 28.4 Å². The van der Waals surface area contributed by atoms with Crippen LogP contribution in [0.2, 0.25) is 0 Å². The summed E-state index contributed by atoms with van der Waals surface area (Å²) in [5, 5.41) is 1.04. The van der Waals surface area contributed by atoms with Crippen molar-refractivity contribution in [2.75, 3.05) is 39.4 Å². The van der Waals surface area contributed by atoms with E-state index in [1.165, 1.54) is 10.4 Å². The molecular formula is C23H25N3O5S2. The molecule has 0 aliphatic carbocycles. The third-order valence-electron chi connectivity index (χ3n) is 5.86. The molecule has 0 unspecified atom stereocenters. The number of rotatable bonds is 6. The second-order valence-corrected chi connectivity index (χ2v) is 11.1. The van der Waals surface area contributed by atoms with Crippen LogP contribution in [0, 0.1) is 0 Å². The Hall–Kier alpha value is -2.69. The maximum absolute atomic E-state index is 13.1. The van der Waals surface area contributed by atoms with Crippen molar-refractivity contribution in [1.82, 2.24) is 14.2 Å². The number of aromatic nitrogens is 1. The predicted octanol–water partition coefficient (Wildman–Crippen LogP) is 2.92. The summed E-state index contributed by atoms with van der Waals surface area (Å²) >= 11 is 1.67. The van der Waals surface area contributed by atoms with Gasteiger partial charge in [0.1, 0.15) is 13.2 Å². The van der Waals surface area contributed by atoms with Gasteiger partial charge >= 0.3 is 0 Å². The Morgan fingerprint density at radius 1 is 1.00 bits per heavy atom. The summed E-state index contributed by atoms with van der Waals surface area (Å²) in [4.78, 5) is 19.2. The first kappa shape index (κ1) is 22.1. The smallest absolute Gasteiger partial charge is 0.243 e. The van der Waals surface area contributed by atoms with E-state index >= 15 is 0 Å². The van der Waals surface area contributed by atoms with Crippen molar-refractivity contribution in [1.29, 1.82) is 0 Å². The molecular weight excluding hydrogens is 462 g/mol. The summed E-state index contributed by atoms with van der Waals surface area (Å²) in [7, 11) is -3.66. The second-order valence-electron chi connectivity index (χ2n) is 8.02. The Bertz CT molecular complexity index is 1230. The number of amides is 1. The number of hydrogen-bond acceptors (Lipinski definition) is 7. The minimum atomic E-state index is -3.66. The first-order valence-corrected chi connectivity index (χ1v) is 13.3. The van der Waals surface area contributed by atoms with E-state index in [0.717, 1.165) is 28.1 Å². The van der Waals surface area contributed by atoms with Crippen LogP contribution in [0.3, 0.4) is 0 Å². The van der Waals surface area contributed by atoms with E-state index in [4.69, 9.17) is 9.47 Å². The van der Waals surface area contributed by atoms with Crippen molar-refractivity contribution in [3.05, 3.63) is 47.5 Å². The van der Waals surface area contributed by atoms with Gasteiger partial charge in [0.25, 0.3) is 0 Å². The molecule has 2 aliphatic heterocycles. The molecule has 174 valence electrons. The number of thiazole rings is 1. The van der Waals surface area contributed by atoms with Crippen molar-refractivity contribution >= 4 is 37.5 Å². The van der Waals surface area contributed by atoms with Gasteiger partial charge in [-0.1, -0.05) is 12.1 Å². The molecule has 3 aromatic rings. The quantitative estimate of drug-likeness (QED) is 0.531. The lowest BCUT2D eigenvalue weighted by molar-refractivity contribution is -0.132. The molecule has 2 aromatic carbocycles. The van der Waals surface area contributed by atoms with E-state index in [2.05, 4.69) is 11.1 Å². The molecule has 33 heavy (non-hydrogen) atoms. The van der Waals surface area contributed by atoms with Crippen LogP contribution in [0.5, 0.6) is 11.5 Å². The summed E-state index contributed by atoms with van der Waals surface area (Å²) in [6, 6.07) is 12.7. The molecule has 1 saturated heterocycles. The zero-order chi connectivity index (χ0) is 22.8. The number of piperazine rings is 1. The maximum Gasteiger partial charge on any atom is 0.243 e. The minimum absolute atomic E-state index is 0.0625. The summed E-state index contributed by atoms with van der Waals surface area (Å²) in [6.45, 7) is 2.19. The first-order valence-electron chi connectivity index (χ1n) is 11.0. The Kier molecular flexibility index (Phi) is 6.22. The van der Waals surface area contributed by atoms with Gasteiger partial charge in [-0.25, -0.2) is 13.4 Å². The van der Waals surface area contributed by atoms with Crippen LogP contribution in [0.25, 0.3) is 10.2 Å². The van der Waals surface area contributed by atoms with Gasteiger partial charge in [-0.3, -0.25) is 4.79 Å². The van der Waals surface area contributed by atoms with Gasteiger partial charge in [-0.15, -0.1) is 11.3 Å². The van der Waals surface area contributed by atoms with Crippen LogP contribution in [0.1, 0.15) is 17.8 Å². The van der Waals surface area contributed by atoms with Crippen LogP contribution >= 0.6 is 11.3 Å². The number of para-hydroxylation sites is 1. The Morgan fingerprint density at radius 2 is 1.76 bits per heavy atom. The summed E-state index contributed by atoms with van der Waals surface area (Å²) in [5.41, 5.74) is 0.999. The molecule has 1 fully saturated rings. The second kappa shape index (κ2) is 9.28. The van der Waals surface area contributed by atoms with Gasteiger partial charge in [0, 0.05) is 38.7 Å². The van der Waals surface area contributed by atoms with Gasteiger partial charge in [0.15, 0.2) is 11.5 Å². The van der Waals surface area contributed by atoms with Crippen LogP contribution in [0.15, 0.2) is 47.4 Å². The highest BCUT2D eigenvalue weighted by atomic mass is 32.2. The van der Waals surface area contributed by atoms with Gasteiger partial charge in [-0.2, -0.15) is 4.31 Å². The molecule has 8 nitrogen and oxygen atoms in total. The van der Waals surface area contributed by atoms with Crippen molar-refractivity contribution in [2.45, 2.75) is 24.2 Å². The summed E-state index contributed by atoms with van der Waals surface area (Å²) in [5.74, 6) is 1.07. The zero-order valence-corrected chi connectivity index (χ0v) is 19.7. The van der Waals surface area contributed by atoms with E-state index in [0.29, 0.717) is 44.2 Å². The number of fused-ring (bicyclic) bond motifs is 2. The van der Waals surface area contributed by atoms with Crippen molar-refractivity contribution < 1.29 is 22.7 Å². The molecule has 5 rings (SSSR count). The Labute approximate surface area is 196 Å². The first-order chi connectivity index (χ1) is 16.0. The van der Waals surface area contributed by atoms with Crippen molar-refractivity contribution in [3.8, 4) is 11.5 Å². The topological polar surface area (TPSA) is 89.0 Å². The highest BCUT2D eigenvalue weighted by Crippen LogP contribution is 2.33. The average Bonchev–Trinajstić information content (AvgIpc) is 3.26. The molecule has 0 radical (unpaired) electrons. The number of carbonyl (C=O) groups excluding carboxylic acids is 1. The molecule has 10 heteroatoms. The molecule has 0 spiro atoms. The number of benzene rings is 2. The Balaban J connectivity index is 1.13. The van der Waals surface area contributed by atoms with Gasteiger partial charge < -0.3 is 14.4 Å². The number of aryl methyl sites for hydroxylation is 1. The highest BCUT2D eigenvalue weighted by molar-refractivity contribution is 7.89. The molecule has 3 heterocycles. The third-order valence-corrected chi connectivity index (χ3v) is 8.85. The number of sulfonamides is 1. The lowest BCUT2D eigenvalue weighted by Gasteiger charge is -2.34. The third kappa shape index (κ3) is 4.68. The fraction of sp³-hybridized carbons (Fsp3) is 0.391. The lowest BCUT2D eigenvalue weighted by Crippen LogP contribution is -2.50. The molecule has 0 bridgehead atoms. The van der Waals surface area contributed by atoms with Crippen molar-refractivity contribution in [2.24, 2.45) is 0 Å². The largest absolute Gasteiger partial charge is 0.486 e. The number of nitrogens with zero attached hydrogens (tertiary/aromatic N) is 3. The molecule has 1 amide bonds. The van der Waals surface area contributed by atoms with Gasteiger partial charge in [-0.05, 0) is 37.1 Å². The number of hydrogen-bond donors (Lipinski definition) is 0. The minimum Gasteiger partial charge on any atom is -0.486 e. The van der Waals surface area contributed by atoms with E-state index in [-0.39, 0.29) is 23.9 Å². The molecule has 0 N–H and O–H groups in total. The SMILES string of the molecule is O=C(CCCc1nc2ccccc2s1)N1CCN(S(=O)(=O)c2ccc3c(c2)OCCO3)CC1. The Morgan fingerprint density at radius 3 is 2.55 bits per heavy atom. The van der Waals surface area contributed by atoms with Crippen LogP contribution in [-0.4, -0.2) is 67.9 Å². The predicted molar refractivity (Wildman–Crippen MR) is 125 cm³/mol. The fourth-order valence-electron chi connectivity index (χ4n) is 4.09. The van der Waals surface area contributed by atoms with Gasteiger partial charge in [0.2, 0.25) is 15.9 Å². The molecule has 2 aliphatic rings. The van der Waals surface area contributed by atoms with E-state index in [1.807, 2.05) is 18.2 Å². The number of ether oxygens (including phenoxy) is 2. The normalized spacial score (nSPS) is 16.8. The lowest BCUT2D eigenvalue weighted by atomic mass is 10.2. The summed E-state index contributed by atoms with van der Waals surface area (Å²) < 4.78 is 39.7. The standard InChI is InChI=1S/C23H25N3O5S2/c27-23(7-3-6-22-24-18-4-1-2-5-21(18)32-22)25-10-12-26(13-11-25)33(28,29)17-8-9-19-20(16-17)31-15-14-30-19/h1-2,4-5,8-9,16H,3,6-7,10-15H2. The van der Waals surface area contributed by atoms with E-state index < -0.39 is 10.0 Å². The fourth-order valence-corrected chi connectivity index (χ4v) is 6.53. The van der Waals surface area contributed by atoms with Crippen molar-refractivity contribution in [3.63, 3.8) is 0 Å². The molecule has 1 aromatic heterocycles. The van der Waals surface area contributed by atoms with Crippen LogP contribution in [-0.2, 0) is 21.2 Å². The summed E-state index contributed by atoms with van der Waals surface area (Å²) in [6.07, 6.45) is 1.93. The van der Waals surface area contributed by atoms with Crippen LogP contribution < -0.4 is 9.47 Å². The van der Waals surface area contributed by atoms with Gasteiger partial charge in [0.05, 0.1) is 20.1 Å². The number of carbonyl (C=O) groups is 1. The average molecular weight is 488 g/mol. The maximum atomic E-state index is 13.1. The highest BCUT2D eigenvalue weighted by Gasteiger charge is 2.31.